The van der Waals surface area contributed by atoms with Gasteiger partial charge in [-0.2, -0.15) is 0 Å². The number of nitrogens with zero attached hydrogens (tertiary/aromatic N) is 1. The van der Waals surface area contributed by atoms with Crippen LogP contribution in [0.25, 0.3) is 0 Å². The highest BCUT2D eigenvalue weighted by Crippen LogP contribution is 1.79. The van der Waals surface area contributed by atoms with E-state index in [-0.39, 0.29) is 21.4 Å². The van der Waals surface area contributed by atoms with E-state index in [1.165, 1.54) is 0 Å². The van der Waals surface area contributed by atoms with Crippen molar-refractivity contribution in [1.82, 2.24) is 4.57 Å². The Hall–Kier alpha value is 0.467. The number of halogens is 1. The zero-order valence-electron chi connectivity index (χ0n) is 5.36. The molecule has 7 heavy (non-hydrogen) atoms. The zero-order valence-corrected chi connectivity index (χ0v) is 7.17. The van der Waals surface area contributed by atoms with Gasteiger partial charge < -0.3 is 4.57 Å². The highest BCUT2D eigenvalue weighted by Gasteiger charge is 1.94. The second-order valence-electron chi connectivity index (χ2n) is 1.84. The molecule has 0 spiro atoms. The molecule has 0 aromatic heterocycles. The molecule has 45 valence electrons. The van der Waals surface area contributed by atoms with Crippen molar-refractivity contribution in [2.45, 2.75) is 13.1 Å². The van der Waals surface area contributed by atoms with Gasteiger partial charge in [-0.25, -0.2) is 0 Å². The summed E-state index contributed by atoms with van der Waals surface area (Å²) in [5.41, 5.74) is 0. The fourth-order valence-corrected chi connectivity index (χ4v) is 0. The minimum atomic E-state index is -0.118. The largest absolute Gasteiger partial charge is 0.330 e. The van der Waals surface area contributed by atoms with E-state index in [4.69, 9.17) is 0 Å². The normalized spacial score (nSPS) is 9.43. The Balaban J connectivity index is 0. The van der Waals surface area contributed by atoms with Crippen molar-refractivity contribution < 1.29 is 0 Å². The Morgan fingerprint density at radius 2 is 1.29 bits per heavy atom. The molecule has 0 aliphatic rings. The molecule has 0 heterocycles. The number of rotatable bonds is 1. The number of hydrogen-bond donors (Lipinski definition) is 0. The molecule has 0 bridgehead atoms. The highest BCUT2D eigenvalue weighted by molar-refractivity contribution is 6.52. The smallest absolute Gasteiger partial charge is 0.129 e. The molecule has 0 saturated heterocycles. The number of hydrogen-bond acceptors (Lipinski definition) is 1. The van der Waals surface area contributed by atoms with Gasteiger partial charge in [0.15, 0.2) is 0 Å². The van der Waals surface area contributed by atoms with Crippen LogP contribution in [0.2, 0.25) is 13.1 Å². The average molecular weight is 139 g/mol. The van der Waals surface area contributed by atoms with E-state index in [0.717, 1.165) is 0 Å². The molecule has 0 aromatic rings. The van der Waals surface area contributed by atoms with Gasteiger partial charge in [-0.15, -0.1) is 12.4 Å². The van der Waals surface area contributed by atoms with Crippen molar-refractivity contribution in [2.75, 3.05) is 14.1 Å². The molecule has 1 radical (unpaired) electrons. The van der Waals surface area contributed by atoms with Gasteiger partial charge in [0.1, 0.15) is 8.96 Å². The second-order valence-corrected chi connectivity index (χ2v) is 4.63. The van der Waals surface area contributed by atoms with Crippen molar-refractivity contribution in [3.63, 3.8) is 0 Å². The lowest BCUT2D eigenvalue weighted by atomic mass is 11.3. The average Bonchev–Trinajstić information content (AvgIpc) is 1.36. The maximum absolute atomic E-state index is 2.27. The summed E-state index contributed by atoms with van der Waals surface area (Å²) in [6, 6.07) is 0. The summed E-state index contributed by atoms with van der Waals surface area (Å²) in [6.45, 7) is 4.54. The molecule has 0 aromatic carbocycles. The lowest BCUT2D eigenvalue weighted by Crippen LogP contribution is -2.25. The van der Waals surface area contributed by atoms with Crippen LogP contribution in [-0.4, -0.2) is 27.6 Å². The molecule has 0 rings (SSSR count). The van der Waals surface area contributed by atoms with Gasteiger partial charge in [-0.3, -0.25) is 0 Å². The predicted molar refractivity (Wildman–Crippen MR) is 38.4 cm³/mol. The molecule has 0 aliphatic carbocycles. The van der Waals surface area contributed by atoms with Crippen molar-refractivity contribution in [3.8, 4) is 0 Å². The van der Waals surface area contributed by atoms with E-state index < -0.39 is 0 Å². The van der Waals surface area contributed by atoms with E-state index in [1.807, 2.05) is 0 Å². The molecule has 0 unspecified atom stereocenters. The fourth-order valence-electron chi connectivity index (χ4n) is 0. The molecular weight excluding hydrogens is 126 g/mol. The quantitative estimate of drug-likeness (QED) is 0.493. The van der Waals surface area contributed by atoms with Crippen molar-refractivity contribution in [1.29, 1.82) is 0 Å². The Bertz CT molecular complexity index is 32.7. The zero-order chi connectivity index (χ0) is 5.15. The third-order valence-corrected chi connectivity index (χ3v) is 2.68. The lowest BCUT2D eigenvalue weighted by Gasteiger charge is -2.10. The summed E-state index contributed by atoms with van der Waals surface area (Å²) in [4.78, 5) is 0. The van der Waals surface area contributed by atoms with Gasteiger partial charge in [-0.1, -0.05) is 13.1 Å². The van der Waals surface area contributed by atoms with E-state index in [9.17, 15) is 0 Å². The third kappa shape index (κ3) is 6.47. The van der Waals surface area contributed by atoms with Crippen LogP contribution >= 0.6 is 12.4 Å². The Kier molecular flexibility index (Phi) is 6.90. The SMILES string of the molecule is CN(C)[Si](C)C.Cl. The van der Waals surface area contributed by atoms with Crippen LogP contribution in [0.1, 0.15) is 0 Å². The first-order chi connectivity index (χ1) is 2.64. The topological polar surface area (TPSA) is 3.24 Å². The van der Waals surface area contributed by atoms with Gasteiger partial charge in [-0.05, 0) is 14.1 Å². The maximum atomic E-state index is 2.27. The minimum absolute atomic E-state index is 0. The van der Waals surface area contributed by atoms with Crippen LogP contribution < -0.4 is 0 Å². The van der Waals surface area contributed by atoms with Crippen molar-refractivity contribution >= 4 is 21.4 Å². The molecule has 0 fully saturated rings. The molecule has 0 aliphatic heterocycles. The monoisotopic (exact) mass is 138 g/mol. The summed E-state index contributed by atoms with van der Waals surface area (Å²) in [7, 11) is 4.12. The van der Waals surface area contributed by atoms with Gasteiger partial charge in [0.05, 0.1) is 0 Å². The van der Waals surface area contributed by atoms with Gasteiger partial charge in [0.25, 0.3) is 0 Å². The van der Waals surface area contributed by atoms with Crippen LogP contribution in [0.5, 0.6) is 0 Å². The third-order valence-electron chi connectivity index (χ3n) is 0.894. The summed E-state index contributed by atoms with van der Waals surface area (Å²) in [5, 5.41) is 0. The molecule has 0 N–H and O–H groups in total. The Morgan fingerprint density at radius 1 is 1.14 bits per heavy atom. The summed E-state index contributed by atoms with van der Waals surface area (Å²) >= 11 is 0. The van der Waals surface area contributed by atoms with Crippen LogP contribution in [0.15, 0.2) is 0 Å². The molecular formula is C4H13ClNSi. The lowest BCUT2D eigenvalue weighted by molar-refractivity contribution is 0.648. The minimum Gasteiger partial charge on any atom is -0.330 e. The van der Waals surface area contributed by atoms with Gasteiger partial charge in [0.2, 0.25) is 0 Å². The standard InChI is InChI=1S/C4H12NSi.ClH/c1-5(2)6(3)4;/h1-4H3;1H. The molecule has 0 amide bonds. The first-order valence-electron chi connectivity index (χ1n) is 2.12. The summed E-state index contributed by atoms with van der Waals surface area (Å²) < 4.78 is 2.27. The first kappa shape index (κ1) is 10.4. The van der Waals surface area contributed by atoms with Crippen LogP contribution in [0.3, 0.4) is 0 Å². The summed E-state index contributed by atoms with van der Waals surface area (Å²) in [5.74, 6) is 0. The molecule has 0 saturated carbocycles. The molecule has 3 heteroatoms. The first-order valence-corrected chi connectivity index (χ1v) is 4.57. The second kappa shape index (κ2) is 4.62. The van der Waals surface area contributed by atoms with Crippen molar-refractivity contribution in [3.05, 3.63) is 0 Å². The highest BCUT2D eigenvalue weighted by atomic mass is 35.5. The van der Waals surface area contributed by atoms with Crippen LogP contribution in [0.4, 0.5) is 0 Å². The molecule has 1 nitrogen and oxygen atoms in total. The predicted octanol–water partition coefficient (Wildman–Crippen LogP) is 1.22. The van der Waals surface area contributed by atoms with Crippen LogP contribution in [0, 0.1) is 0 Å². The fraction of sp³-hybridized carbons (Fsp3) is 1.00. The maximum Gasteiger partial charge on any atom is 0.129 e. The van der Waals surface area contributed by atoms with E-state index in [1.54, 1.807) is 0 Å². The van der Waals surface area contributed by atoms with Crippen molar-refractivity contribution in [2.24, 2.45) is 0 Å². The Labute approximate surface area is 53.8 Å². The van der Waals surface area contributed by atoms with Crippen LogP contribution in [-0.2, 0) is 0 Å². The van der Waals surface area contributed by atoms with E-state index in [2.05, 4.69) is 31.8 Å². The summed E-state index contributed by atoms with van der Waals surface area (Å²) in [6.07, 6.45) is 0. The van der Waals surface area contributed by atoms with E-state index in [0.29, 0.717) is 0 Å². The van der Waals surface area contributed by atoms with Gasteiger partial charge >= 0.3 is 0 Å². The van der Waals surface area contributed by atoms with E-state index >= 15 is 0 Å². The molecule has 0 atom stereocenters. The van der Waals surface area contributed by atoms with Gasteiger partial charge in [0, 0.05) is 0 Å². The Morgan fingerprint density at radius 3 is 1.29 bits per heavy atom.